The first kappa shape index (κ1) is 8.75. The van der Waals surface area contributed by atoms with Crippen LogP contribution in [0.3, 0.4) is 0 Å². The lowest BCUT2D eigenvalue weighted by Gasteiger charge is -2.08. The second-order valence-electron chi connectivity index (χ2n) is 3.22. The molecule has 1 aromatic carbocycles. The third kappa shape index (κ3) is 2.10. The van der Waals surface area contributed by atoms with Crippen LogP contribution in [0.25, 0.3) is 0 Å². The van der Waals surface area contributed by atoms with Gasteiger partial charge in [0.2, 0.25) is 0 Å². The minimum atomic E-state index is 0.416. The van der Waals surface area contributed by atoms with Crippen molar-refractivity contribution in [1.82, 2.24) is 0 Å². The molecule has 2 nitrogen and oxygen atoms in total. The lowest BCUT2D eigenvalue weighted by Crippen LogP contribution is -1.99. The molecule has 0 unspecified atom stereocenters. The van der Waals surface area contributed by atoms with E-state index in [0.717, 1.165) is 11.4 Å². The Morgan fingerprint density at radius 3 is 2.85 bits per heavy atom. The number of hydrogen-bond acceptors (Lipinski definition) is 3. The number of rotatable bonds is 3. The van der Waals surface area contributed by atoms with E-state index in [4.69, 9.17) is 10.5 Å². The third-order valence-corrected chi connectivity index (χ3v) is 2.76. The lowest BCUT2D eigenvalue weighted by molar-refractivity contribution is 0.304. The zero-order valence-electron chi connectivity index (χ0n) is 7.62. The van der Waals surface area contributed by atoms with Crippen molar-refractivity contribution in [2.24, 2.45) is 0 Å². The summed E-state index contributed by atoms with van der Waals surface area (Å²) in [6, 6.07) is 5.93. The summed E-state index contributed by atoms with van der Waals surface area (Å²) in [5, 5.41) is 0. The number of hydrogen-bond donors (Lipinski definition) is 1. The Labute approximate surface area is 82.5 Å². The fraction of sp³-hybridized carbons (Fsp3) is 0.400. The number of nitrogens with two attached hydrogens (primary N) is 1. The van der Waals surface area contributed by atoms with Gasteiger partial charge in [-0.2, -0.15) is 0 Å². The van der Waals surface area contributed by atoms with Crippen LogP contribution in [-0.2, 0) is 0 Å². The topological polar surface area (TPSA) is 35.2 Å². The summed E-state index contributed by atoms with van der Waals surface area (Å²) in [5.41, 5.74) is 6.53. The zero-order valence-corrected chi connectivity index (χ0v) is 8.43. The molecule has 1 aliphatic carbocycles. The average Bonchev–Trinajstić information content (AvgIpc) is 2.93. The van der Waals surface area contributed by atoms with Crippen LogP contribution in [0.4, 0.5) is 5.69 Å². The molecular weight excluding hydrogens is 182 g/mol. The van der Waals surface area contributed by atoms with E-state index in [1.807, 2.05) is 24.5 Å². The molecule has 0 aliphatic heterocycles. The van der Waals surface area contributed by atoms with Gasteiger partial charge >= 0.3 is 0 Å². The maximum absolute atomic E-state index is 5.79. The Morgan fingerprint density at radius 2 is 2.23 bits per heavy atom. The Hall–Kier alpha value is -0.830. The monoisotopic (exact) mass is 195 g/mol. The van der Waals surface area contributed by atoms with Crippen LogP contribution in [0.5, 0.6) is 5.75 Å². The van der Waals surface area contributed by atoms with Gasteiger partial charge < -0.3 is 10.5 Å². The van der Waals surface area contributed by atoms with Crippen molar-refractivity contribution in [2.75, 3.05) is 12.0 Å². The van der Waals surface area contributed by atoms with Crippen molar-refractivity contribution in [3.8, 4) is 5.75 Å². The van der Waals surface area contributed by atoms with Gasteiger partial charge in [0.1, 0.15) is 5.75 Å². The van der Waals surface area contributed by atoms with E-state index in [-0.39, 0.29) is 0 Å². The molecule has 13 heavy (non-hydrogen) atoms. The van der Waals surface area contributed by atoms with E-state index in [1.54, 1.807) is 11.8 Å². The van der Waals surface area contributed by atoms with Crippen LogP contribution in [0.15, 0.2) is 23.1 Å². The van der Waals surface area contributed by atoms with Crippen molar-refractivity contribution in [1.29, 1.82) is 0 Å². The zero-order chi connectivity index (χ0) is 9.26. The molecule has 0 amide bonds. The highest BCUT2D eigenvalue weighted by Gasteiger charge is 2.24. The summed E-state index contributed by atoms with van der Waals surface area (Å²) in [6.45, 7) is 0. The fourth-order valence-electron chi connectivity index (χ4n) is 1.11. The van der Waals surface area contributed by atoms with Crippen LogP contribution in [0, 0.1) is 0 Å². The molecule has 0 aromatic heterocycles. The molecule has 1 aromatic rings. The van der Waals surface area contributed by atoms with Crippen LogP contribution in [0.1, 0.15) is 12.8 Å². The van der Waals surface area contributed by atoms with Crippen LogP contribution >= 0.6 is 11.8 Å². The van der Waals surface area contributed by atoms with Gasteiger partial charge in [0.05, 0.1) is 11.8 Å². The summed E-state index contributed by atoms with van der Waals surface area (Å²) in [5.74, 6) is 0.842. The summed E-state index contributed by atoms with van der Waals surface area (Å²) < 4.78 is 5.66. The number of ether oxygens (including phenoxy) is 1. The van der Waals surface area contributed by atoms with Gasteiger partial charge in [-0.1, -0.05) is 0 Å². The highest BCUT2D eigenvalue weighted by atomic mass is 32.2. The Balaban J connectivity index is 2.19. The van der Waals surface area contributed by atoms with Crippen molar-refractivity contribution in [3.63, 3.8) is 0 Å². The third-order valence-electron chi connectivity index (χ3n) is 2.04. The molecule has 0 radical (unpaired) electrons. The Bertz CT molecular complexity index is 310. The summed E-state index contributed by atoms with van der Waals surface area (Å²) in [7, 11) is 0. The Morgan fingerprint density at radius 1 is 1.46 bits per heavy atom. The predicted octanol–water partition coefficient (Wildman–Crippen LogP) is 2.53. The van der Waals surface area contributed by atoms with Gasteiger partial charge in [-0.15, -0.1) is 11.8 Å². The van der Waals surface area contributed by atoms with Gasteiger partial charge in [-0.05, 0) is 37.3 Å². The number of nitrogen functional groups attached to an aromatic ring is 1. The molecule has 1 fully saturated rings. The molecule has 0 bridgehead atoms. The molecule has 70 valence electrons. The van der Waals surface area contributed by atoms with E-state index in [1.165, 1.54) is 17.7 Å². The molecule has 3 heteroatoms. The molecule has 0 spiro atoms. The molecule has 2 N–H and O–H groups in total. The first-order valence-electron chi connectivity index (χ1n) is 4.40. The normalized spacial score (nSPS) is 15.8. The van der Waals surface area contributed by atoms with E-state index in [0.29, 0.717) is 6.10 Å². The SMILES string of the molecule is CSc1ccc(N)c(OC2CC2)c1. The first-order chi connectivity index (χ1) is 6.29. The lowest BCUT2D eigenvalue weighted by atomic mass is 10.3. The molecular formula is C10H13NOS. The van der Waals surface area contributed by atoms with Crippen LogP contribution in [-0.4, -0.2) is 12.4 Å². The van der Waals surface area contributed by atoms with Gasteiger partial charge in [0.15, 0.2) is 0 Å². The van der Waals surface area contributed by atoms with Crippen molar-refractivity contribution in [2.45, 2.75) is 23.8 Å². The largest absolute Gasteiger partial charge is 0.488 e. The summed E-state index contributed by atoms with van der Waals surface area (Å²) >= 11 is 1.70. The fourth-order valence-corrected chi connectivity index (χ4v) is 1.54. The predicted molar refractivity (Wildman–Crippen MR) is 56.3 cm³/mol. The smallest absolute Gasteiger partial charge is 0.143 e. The van der Waals surface area contributed by atoms with Crippen molar-refractivity contribution < 1.29 is 4.74 Å². The molecule has 0 saturated heterocycles. The average molecular weight is 195 g/mol. The second kappa shape index (κ2) is 3.50. The molecule has 1 saturated carbocycles. The highest BCUT2D eigenvalue weighted by Crippen LogP contribution is 2.33. The van der Waals surface area contributed by atoms with E-state index in [9.17, 15) is 0 Å². The minimum Gasteiger partial charge on any atom is -0.488 e. The van der Waals surface area contributed by atoms with Crippen LogP contribution in [0.2, 0.25) is 0 Å². The van der Waals surface area contributed by atoms with Gasteiger partial charge in [-0.25, -0.2) is 0 Å². The Kier molecular flexibility index (Phi) is 2.36. The van der Waals surface area contributed by atoms with Gasteiger partial charge in [0, 0.05) is 4.90 Å². The van der Waals surface area contributed by atoms with E-state index < -0.39 is 0 Å². The maximum Gasteiger partial charge on any atom is 0.143 e. The molecule has 2 rings (SSSR count). The maximum atomic E-state index is 5.79. The first-order valence-corrected chi connectivity index (χ1v) is 5.62. The summed E-state index contributed by atoms with van der Waals surface area (Å²) in [6.07, 6.45) is 4.80. The number of benzene rings is 1. The van der Waals surface area contributed by atoms with Crippen molar-refractivity contribution >= 4 is 17.4 Å². The van der Waals surface area contributed by atoms with Crippen LogP contribution < -0.4 is 10.5 Å². The van der Waals surface area contributed by atoms with E-state index in [2.05, 4.69) is 0 Å². The summed E-state index contributed by atoms with van der Waals surface area (Å²) in [4.78, 5) is 1.20. The minimum absolute atomic E-state index is 0.416. The quantitative estimate of drug-likeness (QED) is 0.594. The molecule has 0 atom stereocenters. The van der Waals surface area contributed by atoms with Gasteiger partial charge in [-0.3, -0.25) is 0 Å². The van der Waals surface area contributed by atoms with Crippen molar-refractivity contribution in [3.05, 3.63) is 18.2 Å². The van der Waals surface area contributed by atoms with E-state index >= 15 is 0 Å². The standard InChI is InChI=1S/C10H13NOS/c1-13-8-4-5-9(11)10(6-8)12-7-2-3-7/h4-7H,2-3,11H2,1H3. The number of anilines is 1. The number of thioether (sulfide) groups is 1. The molecule has 0 heterocycles. The second-order valence-corrected chi connectivity index (χ2v) is 4.10. The highest BCUT2D eigenvalue weighted by molar-refractivity contribution is 7.98. The van der Waals surface area contributed by atoms with Gasteiger partial charge in [0.25, 0.3) is 0 Å². The molecule has 1 aliphatic rings.